The van der Waals surface area contributed by atoms with Gasteiger partial charge in [-0.2, -0.15) is 0 Å². The number of hydrogen-bond acceptors (Lipinski definition) is 2. The van der Waals surface area contributed by atoms with Crippen molar-refractivity contribution in [3.8, 4) is 0 Å². The molecule has 116 valence electrons. The van der Waals surface area contributed by atoms with Gasteiger partial charge >= 0.3 is 12.0 Å². The maximum atomic E-state index is 11.9. The van der Waals surface area contributed by atoms with Gasteiger partial charge in [0, 0.05) is 21.0 Å². The molecule has 0 fully saturated rings. The summed E-state index contributed by atoms with van der Waals surface area (Å²) in [5, 5.41) is 12.8. The van der Waals surface area contributed by atoms with Gasteiger partial charge in [-0.25, -0.2) is 4.79 Å². The molecule has 0 heterocycles. The summed E-state index contributed by atoms with van der Waals surface area (Å²) in [6.45, 7) is 5.73. The minimum atomic E-state index is -0.639. The third kappa shape index (κ3) is 6.16. The first-order valence-corrected chi connectivity index (χ1v) is 7.67. The van der Waals surface area contributed by atoms with Crippen LogP contribution in [0.4, 0.5) is 10.5 Å². The molecule has 0 saturated heterocycles. The van der Waals surface area contributed by atoms with Crippen molar-refractivity contribution in [3.63, 3.8) is 0 Å². The summed E-state index contributed by atoms with van der Waals surface area (Å²) in [4.78, 5) is 23.3. The smallest absolute Gasteiger partial charge is 0.521 e. The van der Waals surface area contributed by atoms with Crippen LogP contribution in [0, 0.1) is 11.8 Å². The summed E-state index contributed by atoms with van der Waals surface area (Å²) in [6, 6.07) is 6.44. The highest BCUT2D eigenvalue weighted by atomic mass is 79.9. The van der Waals surface area contributed by atoms with Crippen LogP contribution in [0.5, 0.6) is 0 Å². The van der Waals surface area contributed by atoms with Crippen LogP contribution in [0.2, 0.25) is 0 Å². The standard InChI is InChI=1S/C15H21BrN2O3/c1-9(2)8-13(14(19)20)10(3)17-15(21)18-12-6-4-11(16)5-7-12/h4-7,9-10,13H,8H2,1-3H3,(H,19,20)(H2,17,18,21)/p+1. The Hall–Kier alpha value is -1.56. The fourth-order valence-corrected chi connectivity index (χ4v) is 2.32. The molecule has 0 bridgehead atoms. The number of rotatable bonds is 6. The van der Waals surface area contributed by atoms with E-state index < -0.39 is 11.9 Å². The van der Waals surface area contributed by atoms with E-state index in [2.05, 4.69) is 26.6 Å². The van der Waals surface area contributed by atoms with Crippen LogP contribution < -0.4 is 10.6 Å². The van der Waals surface area contributed by atoms with Crippen LogP contribution in [0.1, 0.15) is 27.2 Å². The van der Waals surface area contributed by atoms with Gasteiger partial charge in [-0.1, -0.05) is 29.8 Å². The van der Waals surface area contributed by atoms with Gasteiger partial charge in [-0.15, -0.1) is 0 Å². The number of anilines is 1. The molecule has 0 aliphatic carbocycles. The van der Waals surface area contributed by atoms with Gasteiger partial charge in [-0.3, -0.25) is 0 Å². The molecule has 2 unspecified atom stereocenters. The Morgan fingerprint density at radius 3 is 2.24 bits per heavy atom. The topological polar surface area (TPSA) is 81.1 Å². The van der Waals surface area contributed by atoms with Crippen molar-refractivity contribution in [1.82, 2.24) is 5.32 Å². The van der Waals surface area contributed by atoms with Gasteiger partial charge < -0.3 is 15.7 Å². The second-order valence-electron chi connectivity index (χ2n) is 5.49. The number of carbonyl (C=O) groups excluding carboxylic acids is 2. The molecule has 1 aromatic carbocycles. The van der Waals surface area contributed by atoms with Crippen LogP contribution >= 0.6 is 15.9 Å². The summed E-state index contributed by atoms with van der Waals surface area (Å²) in [5.74, 6) is -0.830. The van der Waals surface area contributed by atoms with Crippen LogP contribution in [0.15, 0.2) is 28.7 Å². The average molecular weight is 358 g/mol. The third-order valence-corrected chi connectivity index (χ3v) is 3.66. The molecule has 0 aliphatic heterocycles. The van der Waals surface area contributed by atoms with Crippen molar-refractivity contribution < 1.29 is 14.7 Å². The van der Waals surface area contributed by atoms with Gasteiger partial charge in [0.25, 0.3) is 0 Å². The summed E-state index contributed by atoms with van der Waals surface area (Å²) >= 11 is 3.32. The van der Waals surface area contributed by atoms with Crippen LogP contribution in [0.3, 0.4) is 0 Å². The molecular weight excluding hydrogens is 336 g/mol. The molecule has 2 atom stereocenters. The lowest BCUT2D eigenvalue weighted by molar-refractivity contribution is -0.143. The lowest BCUT2D eigenvalue weighted by Crippen LogP contribution is -2.43. The van der Waals surface area contributed by atoms with Crippen molar-refractivity contribution in [2.45, 2.75) is 33.2 Å². The zero-order valence-electron chi connectivity index (χ0n) is 12.4. The van der Waals surface area contributed by atoms with Crippen molar-refractivity contribution in [2.75, 3.05) is 5.32 Å². The molecule has 6 heteroatoms. The average Bonchev–Trinajstić information content (AvgIpc) is 2.38. The van der Waals surface area contributed by atoms with Crippen LogP contribution in [-0.4, -0.2) is 23.1 Å². The fraction of sp³-hybridized carbons (Fsp3) is 0.467. The van der Waals surface area contributed by atoms with E-state index in [-0.39, 0.29) is 12.1 Å². The van der Waals surface area contributed by atoms with Crippen LogP contribution in [-0.2, 0) is 4.79 Å². The van der Waals surface area contributed by atoms with Crippen molar-refractivity contribution in [1.29, 1.82) is 0 Å². The predicted molar refractivity (Wildman–Crippen MR) is 87.3 cm³/mol. The highest BCUT2D eigenvalue weighted by Crippen LogP contribution is 2.17. The van der Waals surface area contributed by atoms with E-state index in [1.807, 2.05) is 26.0 Å². The number of hydrogen-bond donors (Lipinski definition) is 2. The van der Waals surface area contributed by atoms with Crippen molar-refractivity contribution >= 4 is 33.6 Å². The second-order valence-corrected chi connectivity index (χ2v) is 6.41. The van der Waals surface area contributed by atoms with E-state index in [0.29, 0.717) is 18.0 Å². The lowest BCUT2D eigenvalue weighted by Gasteiger charge is -2.20. The molecule has 0 saturated carbocycles. The molecule has 4 N–H and O–H groups in total. The highest BCUT2D eigenvalue weighted by Gasteiger charge is 2.32. The zero-order valence-corrected chi connectivity index (χ0v) is 14.0. The molecule has 0 radical (unpaired) electrons. The quantitative estimate of drug-likeness (QED) is 0.767. The Balaban J connectivity index is 2.59. The Labute approximate surface area is 133 Å². The van der Waals surface area contributed by atoms with Gasteiger partial charge in [0.2, 0.25) is 0 Å². The zero-order chi connectivity index (χ0) is 16.0. The molecule has 0 aliphatic rings. The Kier molecular flexibility index (Phi) is 6.68. The van der Waals surface area contributed by atoms with E-state index in [9.17, 15) is 9.59 Å². The van der Waals surface area contributed by atoms with E-state index in [1.54, 1.807) is 19.1 Å². The lowest BCUT2D eigenvalue weighted by atomic mass is 9.91. The molecule has 21 heavy (non-hydrogen) atoms. The molecule has 5 nitrogen and oxygen atoms in total. The van der Waals surface area contributed by atoms with E-state index in [4.69, 9.17) is 5.11 Å². The summed E-state index contributed by atoms with van der Waals surface area (Å²) in [5.41, 5.74) is 0.667. The SMILES string of the molecule is CC(C)CC(C(=O)[OH2+])C(C)NC(=O)Nc1ccc(Br)cc1. The van der Waals surface area contributed by atoms with Gasteiger partial charge in [0.15, 0.2) is 0 Å². The Morgan fingerprint density at radius 1 is 1.19 bits per heavy atom. The molecule has 1 aromatic rings. The Bertz CT molecular complexity index is 488. The Morgan fingerprint density at radius 2 is 1.76 bits per heavy atom. The van der Waals surface area contributed by atoms with Crippen LogP contribution in [0.25, 0.3) is 0 Å². The number of nitrogens with one attached hydrogen (secondary N) is 2. The molecule has 0 aromatic heterocycles. The fourth-order valence-electron chi connectivity index (χ4n) is 2.05. The van der Waals surface area contributed by atoms with E-state index in [0.717, 1.165) is 4.47 Å². The first-order valence-electron chi connectivity index (χ1n) is 6.88. The number of carbonyl (C=O) groups is 2. The molecule has 1 rings (SSSR count). The number of halogens is 1. The van der Waals surface area contributed by atoms with Crippen molar-refractivity contribution in [3.05, 3.63) is 28.7 Å². The minimum absolute atomic E-state index is 0.295. The predicted octanol–water partition coefficient (Wildman–Crippen LogP) is 2.87. The summed E-state index contributed by atoms with van der Waals surface area (Å²) in [6.07, 6.45) is 0.585. The first kappa shape index (κ1) is 17.5. The summed E-state index contributed by atoms with van der Waals surface area (Å²) < 4.78 is 0.929. The van der Waals surface area contributed by atoms with Crippen molar-refractivity contribution in [2.24, 2.45) is 11.8 Å². The number of amides is 2. The van der Waals surface area contributed by atoms with Gasteiger partial charge in [0.05, 0.1) is 0 Å². The highest BCUT2D eigenvalue weighted by molar-refractivity contribution is 9.10. The van der Waals surface area contributed by atoms with E-state index >= 15 is 0 Å². The molecular formula is C15H22BrN2O3+. The number of benzene rings is 1. The van der Waals surface area contributed by atoms with Gasteiger partial charge in [-0.05, 0) is 43.5 Å². The molecule has 2 amide bonds. The maximum absolute atomic E-state index is 11.9. The monoisotopic (exact) mass is 357 g/mol. The third-order valence-electron chi connectivity index (χ3n) is 3.13. The largest absolute Gasteiger partial charge is 0.564 e. The first-order chi connectivity index (χ1) is 9.79. The minimum Gasteiger partial charge on any atom is -0.564 e. The molecule has 0 spiro atoms. The summed E-state index contributed by atoms with van der Waals surface area (Å²) in [7, 11) is 0. The number of urea groups is 1. The van der Waals surface area contributed by atoms with E-state index in [1.165, 1.54) is 0 Å². The second kappa shape index (κ2) is 8.02. The maximum Gasteiger partial charge on any atom is 0.521 e. The normalized spacial score (nSPS) is 13.6. The van der Waals surface area contributed by atoms with Gasteiger partial charge in [0.1, 0.15) is 5.92 Å².